The molecular weight excluding hydrogens is 433 g/mol. The van der Waals surface area contributed by atoms with E-state index >= 15 is 0 Å². The lowest BCUT2D eigenvalue weighted by molar-refractivity contribution is -0.140. The minimum atomic E-state index is -3.78. The second-order valence-electron chi connectivity index (χ2n) is 7.76. The Kier molecular flexibility index (Phi) is 7.49. The number of piperidine rings is 1. The van der Waals surface area contributed by atoms with E-state index in [1.54, 1.807) is 6.07 Å². The zero-order chi connectivity index (χ0) is 21.2. The van der Waals surface area contributed by atoms with Crippen LogP contribution in [0.3, 0.4) is 0 Å². The maximum absolute atomic E-state index is 13.1. The average Bonchev–Trinajstić information content (AvgIpc) is 2.72. The van der Waals surface area contributed by atoms with Crippen LogP contribution in [0.1, 0.15) is 39.5 Å². The van der Waals surface area contributed by atoms with Crippen molar-refractivity contribution in [3.05, 3.63) is 28.2 Å². The molecule has 2 unspecified atom stereocenters. The molecule has 0 aliphatic carbocycles. The summed E-state index contributed by atoms with van der Waals surface area (Å²) in [5, 5.41) is 0.248. The lowest BCUT2D eigenvalue weighted by Gasteiger charge is -2.41. The van der Waals surface area contributed by atoms with Crippen molar-refractivity contribution in [3.63, 3.8) is 0 Å². The van der Waals surface area contributed by atoms with Crippen molar-refractivity contribution in [2.24, 2.45) is 0 Å². The highest BCUT2D eigenvalue weighted by Crippen LogP contribution is 2.32. The van der Waals surface area contributed by atoms with Crippen LogP contribution < -0.4 is 0 Å². The highest BCUT2D eigenvalue weighted by molar-refractivity contribution is 7.89. The van der Waals surface area contributed by atoms with Crippen LogP contribution in [0.2, 0.25) is 10.0 Å². The number of hydrogen-bond donors (Lipinski definition) is 0. The Balaban J connectivity index is 1.66. The van der Waals surface area contributed by atoms with E-state index in [-0.39, 0.29) is 26.9 Å². The van der Waals surface area contributed by atoms with E-state index < -0.39 is 10.0 Å². The first-order valence-electron chi connectivity index (χ1n) is 10.3. The fraction of sp³-hybridized carbons (Fsp3) is 0.650. The molecule has 6 nitrogen and oxygen atoms in total. The summed E-state index contributed by atoms with van der Waals surface area (Å²) in [6, 6.07) is 4.75. The van der Waals surface area contributed by atoms with Crippen molar-refractivity contribution in [2.75, 3.05) is 32.7 Å². The van der Waals surface area contributed by atoms with Crippen molar-refractivity contribution >= 4 is 39.1 Å². The number of likely N-dealkylation sites (tertiary alicyclic amines) is 1. The van der Waals surface area contributed by atoms with Crippen molar-refractivity contribution < 1.29 is 13.2 Å². The van der Waals surface area contributed by atoms with Gasteiger partial charge in [-0.2, -0.15) is 4.31 Å². The molecule has 0 spiro atoms. The summed E-state index contributed by atoms with van der Waals surface area (Å²) >= 11 is 12.2. The predicted octanol–water partition coefficient (Wildman–Crippen LogP) is 3.48. The molecule has 3 rings (SSSR count). The van der Waals surface area contributed by atoms with Crippen LogP contribution in [-0.2, 0) is 14.8 Å². The standard InChI is InChI=1S/C20H29Cl2N3O3S/c1-3-16-7-4-5-10-25(16)20(26)15(2)23-11-13-24(14-12-23)29(27,28)19-17(21)8-6-9-18(19)22/h6,8-9,15-16H,3-5,7,10-14H2,1-2H3. The molecule has 2 fully saturated rings. The topological polar surface area (TPSA) is 60.9 Å². The summed E-state index contributed by atoms with van der Waals surface area (Å²) in [7, 11) is -3.78. The first kappa shape index (κ1) is 22.8. The molecule has 0 N–H and O–H groups in total. The maximum Gasteiger partial charge on any atom is 0.246 e. The van der Waals surface area contributed by atoms with Gasteiger partial charge in [0, 0.05) is 38.8 Å². The van der Waals surface area contributed by atoms with Gasteiger partial charge in [0.25, 0.3) is 0 Å². The molecule has 1 aromatic rings. The van der Waals surface area contributed by atoms with Gasteiger partial charge in [0.05, 0.1) is 16.1 Å². The number of carbonyl (C=O) groups is 1. The molecule has 1 amide bonds. The Morgan fingerprint density at radius 1 is 1.10 bits per heavy atom. The van der Waals surface area contributed by atoms with Crippen LogP contribution in [0.25, 0.3) is 0 Å². The average molecular weight is 462 g/mol. The van der Waals surface area contributed by atoms with Crippen LogP contribution in [0.4, 0.5) is 0 Å². The van der Waals surface area contributed by atoms with Gasteiger partial charge < -0.3 is 4.90 Å². The third-order valence-electron chi connectivity index (χ3n) is 6.08. The smallest absolute Gasteiger partial charge is 0.246 e. The maximum atomic E-state index is 13.1. The normalized spacial score (nSPS) is 23.2. The SMILES string of the molecule is CCC1CCCCN1C(=O)C(C)N1CCN(S(=O)(=O)c2c(Cl)cccc2Cl)CC1. The highest BCUT2D eigenvalue weighted by atomic mass is 35.5. The molecule has 162 valence electrons. The zero-order valence-electron chi connectivity index (χ0n) is 17.0. The number of benzene rings is 1. The Bertz CT molecular complexity index is 821. The van der Waals surface area contributed by atoms with Gasteiger partial charge in [-0.05, 0) is 44.7 Å². The van der Waals surface area contributed by atoms with Crippen LogP contribution in [-0.4, -0.2) is 73.2 Å². The van der Waals surface area contributed by atoms with E-state index in [1.807, 2.05) is 11.8 Å². The summed E-state index contributed by atoms with van der Waals surface area (Å²) in [6.07, 6.45) is 4.28. The third-order valence-corrected chi connectivity index (χ3v) is 8.93. The van der Waals surface area contributed by atoms with Gasteiger partial charge in [0.2, 0.25) is 15.9 Å². The lowest BCUT2D eigenvalue weighted by atomic mass is 9.99. The summed E-state index contributed by atoms with van der Waals surface area (Å²) in [5.74, 6) is 0.155. The monoisotopic (exact) mass is 461 g/mol. The highest BCUT2D eigenvalue weighted by Gasteiger charge is 2.36. The molecule has 29 heavy (non-hydrogen) atoms. The van der Waals surface area contributed by atoms with Crippen molar-refractivity contribution in [2.45, 2.75) is 56.5 Å². The van der Waals surface area contributed by atoms with Gasteiger partial charge in [0.1, 0.15) is 4.90 Å². The molecule has 2 aliphatic heterocycles. The Morgan fingerprint density at radius 2 is 1.72 bits per heavy atom. The van der Waals surface area contributed by atoms with Gasteiger partial charge in [-0.25, -0.2) is 8.42 Å². The van der Waals surface area contributed by atoms with Crippen molar-refractivity contribution in [3.8, 4) is 0 Å². The first-order chi connectivity index (χ1) is 13.8. The Hall–Kier alpha value is -0.860. The second kappa shape index (κ2) is 9.52. The van der Waals surface area contributed by atoms with Gasteiger partial charge in [-0.3, -0.25) is 9.69 Å². The molecular formula is C20H29Cl2N3O3S. The minimum Gasteiger partial charge on any atom is -0.338 e. The molecule has 2 heterocycles. The van der Waals surface area contributed by atoms with Crippen LogP contribution >= 0.6 is 23.2 Å². The Morgan fingerprint density at radius 3 is 2.31 bits per heavy atom. The molecule has 0 bridgehead atoms. The molecule has 0 saturated carbocycles. The number of sulfonamides is 1. The number of amides is 1. The third kappa shape index (κ3) is 4.74. The number of piperazine rings is 1. The number of carbonyl (C=O) groups excluding carboxylic acids is 1. The molecule has 2 atom stereocenters. The van der Waals surface area contributed by atoms with Crippen LogP contribution in [0.5, 0.6) is 0 Å². The first-order valence-corrected chi connectivity index (χ1v) is 12.5. The molecule has 0 radical (unpaired) electrons. The van der Waals surface area contributed by atoms with E-state index in [9.17, 15) is 13.2 Å². The minimum absolute atomic E-state index is 0.0417. The lowest BCUT2D eigenvalue weighted by Crippen LogP contribution is -2.57. The molecule has 9 heteroatoms. The molecule has 2 aliphatic rings. The Labute approximate surface area is 183 Å². The largest absolute Gasteiger partial charge is 0.338 e. The molecule has 0 aromatic heterocycles. The van der Waals surface area contributed by atoms with E-state index in [0.29, 0.717) is 32.2 Å². The fourth-order valence-electron chi connectivity index (χ4n) is 4.30. The fourth-order valence-corrected chi connectivity index (χ4v) is 6.81. The molecule has 1 aromatic carbocycles. The van der Waals surface area contributed by atoms with Gasteiger partial charge in [-0.15, -0.1) is 0 Å². The summed E-state index contributed by atoms with van der Waals surface area (Å²) in [4.78, 5) is 17.1. The van der Waals surface area contributed by atoms with E-state index in [1.165, 1.54) is 22.9 Å². The predicted molar refractivity (Wildman–Crippen MR) is 116 cm³/mol. The quantitative estimate of drug-likeness (QED) is 0.673. The second-order valence-corrected chi connectivity index (χ2v) is 10.4. The van der Waals surface area contributed by atoms with Crippen molar-refractivity contribution in [1.82, 2.24) is 14.1 Å². The van der Waals surface area contributed by atoms with E-state index in [4.69, 9.17) is 23.2 Å². The van der Waals surface area contributed by atoms with Crippen LogP contribution in [0.15, 0.2) is 23.1 Å². The van der Waals surface area contributed by atoms with E-state index in [0.717, 1.165) is 25.8 Å². The molecule has 2 saturated heterocycles. The van der Waals surface area contributed by atoms with Gasteiger partial charge >= 0.3 is 0 Å². The number of halogens is 2. The van der Waals surface area contributed by atoms with E-state index in [2.05, 4.69) is 11.8 Å². The number of nitrogens with zero attached hydrogens (tertiary/aromatic N) is 3. The van der Waals surface area contributed by atoms with Gasteiger partial charge in [0.15, 0.2) is 0 Å². The van der Waals surface area contributed by atoms with Crippen LogP contribution in [0, 0.1) is 0 Å². The number of hydrogen-bond acceptors (Lipinski definition) is 4. The summed E-state index contributed by atoms with van der Waals surface area (Å²) in [5.41, 5.74) is 0. The zero-order valence-corrected chi connectivity index (χ0v) is 19.3. The number of rotatable bonds is 5. The summed E-state index contributed by atoms with van der Waals surface area (Å²) in [6.45, 7) is 6.49. The van der Waals surface area contributed by atoms with Gasteiger partial charge in [-0.1, -0.05) is 36.2 Å². The summed E-state index contributed by atoms with van der Waals surface area (Å²) < 4.78 is 27.5. The van der Waals surface area contributed by atoms with Crippen molar-refractivity contribution in [1.29, 1.82) is 0 Å².